The molecule has 0 saturated carbocycles. The van der Waals surface area contributed by atoms with Gasteiger partial charge in [-0.15, -0.1) is 0 Å². The number of carbonyl (C=O) groups excluding carboxylic acids is 2. The minimum atomic E-state index is -4.41. The lowest BCUT2D eigenvalue weighted by molar-refractivity contribution is -0.161. The first-order valence-corrected chi connectivity index (χ1v) is 33.8. The molecule has 0 rings (SSSR count). The molecule has 0 amide bonds. The summed E-state index contributed by atoms with van der Waals surface area (Å²) in [5.74, 6) is -0.854. The molecule has 0 aromatic rings. The summed E-state index contributed by atoms with van der Waals surface area (Å²) in [6.45, 7) is 3.49. The highest BCUT2D eigenvalue weighted by Gasteiger charge is 2.26. The molecule has 0 aliphatic carbocycles. The number of hydrogen-bond acceptors (Lipinski definition) is 8. The van der Waals surface area contributed by atoms with Gasteiger partial charge in [-0.05, 0) is 116 Å². The number of allylic oxidation sites excluding steroid dienone is 24. The normalized spacial score (nSPS) is 14.0. The molecule has 9 nitrogen and oxygen atoms in total. The first-order valence-electron chi connectivity index (χ1n) is 32.3. The Morgan fingerprint density at radius 1 is 0.370 bits per heavy atom. The molecular weight excluding hydrogens is 1030 g/mol. The monoisotopic (exact) mass is 1140 g/mol. The maximum absolute atomic E-state index is 12.7. The second kappa shape index (κ2) is 65.0. The number of phosphoric ester groups is 1. The van der Waals surface area contributed by atoms with Crippen LogP contribution in [-0.2, 0) is 32.7 Å². The van der Waals surface area contributed by atoms with E-state index in [0.717, 1.165) is 128 Å². The van der Waals surface area contributed by atoms with E-state index >= 15 is 0 Å². The first-order chi connectivity index (χ1) is 39.8. The van der Waals surface area contributed by atoms with Gasteiger partial charge in [-0.25, -0.2) is 4.57 Å². The highest BCUT2D eigenvalue weighted by Crippen LogP contribution is 2.43. The summed E-state index contributed by atoms with van der Waals surface area (Å²) in [4.78, 5) is 35.3. The Morgan fingerprint density at radius 2 is 0.642 bits per heavy atom. The van der Waals surface area contributed by atoms with E-state index in [-0.39, 0.29) is 38.6 Å². The standard InChI is InChI=1S/C71H118NO8P/c1-3-5-7-9-11-13-15-17-19-21-23-25-27-29-31-32-33-34-35-36-38-39-41-43-45-47-49-51-53-55-57-59-61-63-70(73)77-67-69(68-79-81(75,76)78-66-65-72)80-71(74)64-62-60-58-56-54-52-50-48-46-44-42-40-37-30-28-26-24-22-20-18-16-14-12-10-8-6-4-2/h5-8,11-14,17-20,23-26,29-31,37,42,44,48,50,69H,3-4,9-10,15-16,21-22,27-28,32-36,38-41,43,45-47,49,51-68,72H2,1-2H3,(H,75,76)/b7-5-,8-6-,13-11-,14-12-,19-17-,20-18-,25-23-,26-24-,31-29-,37-30-,44-42-,50-48-. The molecule has 0 aromatic heterocycles. The van der Waals surface area contributed by atoms with Crippen molar-refractivity contribution in [3.05, 3.63) is 146 Å². The van der Waals surface area contributed by atoms with Crippen LogP contribution < -0.4 is 5.73 Å². The van der Waals surface area contributed by atoms with Crippen LogP contribution in [0.3, 0.4) is 0 Å². The molecule has 460 valence electrons. The third-order valence-electron chi connectivity index (χ3n) is 13.2. The number of esters is 2. The van der Waals surface area contributed by atoms with E-state index in [1.807, 2.05) is 0 Å². The van der Waals surface area contributed by atoms with Crippen LogP contribution in [0.4, 0.5) is 0 Å². The predicted octanol–water partition coefficient (Wildman–Crippen LogP) is 21.1. The van der Waals surface area contributed by atoms with E-state index in [2.05, 4.69) is 160 Å². The molecule has 81 heavy (non-hydrogen) atoms. The minimum absolute atomic E-state index is 0.0432. The van der Waals surface area contributed by atoms with Crippen LogP contribution in [0.2, 0.25) is 0 Å². The Kier molecular flexibility index (Phi) is 61.7. The molecule has 0 aromatic carbocycles. The summed E-state index contributed by atoms with van der Waals surface area (Å²) in [5, 5.41) is 0. The topological polar surface area (TPSA) is 134 Å². The third kappa shape index (κ3) is 64.9. The Morgan fingerprint density at radius 3 is 0.951 bits per heavy atom. The molecule has 0 spiro atoms. The van der Waals surface area contributed by atoms with Gasteiger partial charge in [-0.1, -0.05) is 275 Å². The largest absolute Gasteiger partial charge is 0.472 e. The number of unbranched alkanes of at least 4 members (excludes halogenated alkanes) is 22. The van der Waals surface area contributed by atoms with Gasteiger partial charge in [0.2, 0.25) is 0 Å². The maximum atomic E-state index is 12.7. The van der Waals surface area contributed by atoms with Gasteiger partial charge >= 0.3 is 19.8 Å². The second-order valence-electron chi connectivity index (χ2n) is 20.9. The van der Waals surface area contributed by atoms with Gasteiger partial charge in [0.15, 0.2) is 6.10 Å². The number of nitrogens with two attached hydrogens (primary N) is 1. The van der Waals surface area contributed by atoms with Crippen molar-refractivity contribution < 1.29 is 37.6 Å². The Bertz CT molecular complexity index is 1830. The lowest BCUT2D eigenvalue weighted by Crippen LogP contribution is -2.29. The van der Waals surface area contributed by atoms with Crippen LogP contribution in [0.15, 0.2) is 146 Å². The minimum Gasteiger partial charge on any atom is -0.462 e. The molecule has 0 bridgehead atoms. The molecule has 0 radical (unpaired) electrons. The SMILES string of the molecule is CC/C=C\C/C=C\C/C=C\C/C=C\C/C=C\C/C=C\C/C=C\CCCCCCCC(=O)OC(COC(=O)CCCCCCCCCCCCCCCCCCC/C=C\C/C=C\C/C=C\C/C=C\C/C=C\CC)COP(=O)(O)OCCN. The fourth-order valence-corrected chi connectivity index (χ4v) is 9.29. The zero-order valence-electron chi connectivity index (χ0n) is 51.5. The van der Waals surface area contributed by atoms with E-state index < -0.39 is 26.5 Å². The Hall–Kier alpha value is -4.11. The van der Waals surface area contributed by atoms with E-state index in [1.165, 1.54) is 96.3 Å². The zero-order chi connectivity index (χ0) is 58.7. The van der Waals surface area contributed by atoms with Crippen LogP contribution in [0.25, 0.3) is 0 Å². The summed E-state index contributed by atoms with van der Waals surface area (Å²) < 4.78 is 33.1. The average Bonchev–Trinajstić information content (AvgIpc) is 3.46. The fraction of sp³-hybridized carbons (Fsp3) is 0.634. The summed E-state index contributed by atoms with van der Waals surface area (Å²) >= 11 is 0. The van der Waals surface area contributed by atoms with Gasteiger partial charge in [-0.3, -0.25) is 18.6 Å². The van der Waals surface area contributed by atoms with Gasteiger partial charge in [0.05, 0.1) is 13.2 Å². The summed E-state index contributed by atoms with van der Waals surface area (Å²) in [6.07, 6.45) is 93.4. The molecule has 0 saturated heterocycles. The lowest BCUT2D eigenvalue weighted by atomic mass is 10.0. The molecule has 0 aliphatic rings. The third-order valence-corrected chi connectivity index (χ3v) is 14.2. The summed E-state index contributed by atoms with van der Waals surface area (Å²) in [7, 11) is -4.41. The predicted molar refractivity (Wildman–Crippen MR) is 348 cm³/mol. The van der Waals surface area contributed by atoms with Crippen molar-refractivity contribution >= 4 is 19.8 Å². The summed E-state index contributed by atoms with van der Waals surface area (Å²) in [5.41, 5.74) is 5.39. The molecule has 10 heteroatoms. The van der Waals surface area contributed by atoms with Crippen molar-refractivity contribution in [2.75, 3.05) is 26.4 Å². The smallest absolute Gasteiger partial charge is 0.462 e. The number of rotatable bonds is 59. The van der Waals surface area contributed by atoms with E-state index in [1.54, 1.807) is 0 Å². The molecule has 0 aliphatic heterocycles. The van der Waals surface area contributed by atoms with E-state index in [9.17, 15) is 19.0 Å². The molecular formula is C71H118NO8P. The van der Waals surface area contributed by atoms with Gasteiger partial charge in [0.1, 0.15) is 6.61 Å². The van der Waals surface area contributed by atoms with Crippen LogP contribution in [0, 0.1) is 0 Å². The van der Waals surface area contributed by atoms with Gasteiger partial charge < -0.3 is 20.1 Å². The van der Waals surface area contributed by atoms with Crippen LogP contribution >= 0.6 is 7.82 Å². The fourth-order valence-electron chi connectivity index (χ4n) is 8.53. The van der Waals surface area contributed by atoms with Crippen LogP contribution in [-0.4, -0.2) is 49.3 Å². The number of carbonyl (C=O) groups is 2. The lowest BCUT2D eigenvalue weighted by Gasteiger charge is -2.19. The maximum Gasteiger partial charge on any atom is 0.472 e. The average molecular weight is 1140 g/mol. The van der Waals surface area contributed by atoms with Crippen molar-refractivity contribution in [2.45, 2.75) is 264 Å². The Labute approximate surface area is 496 Å². The number of phosphoric acid groups is 1. The first kappa shape index (κ1) is 76.9. The zero-order valence-corrected chi connectivity index (χ0v) is 52.4. The van der Waals surface area contributed by atoms with Crippen LogP contribution in [0.5, 0.6) is 0 Å². The molecule has 2 atom stereocenters. The van der Waals surface area contributed by atoms with Crippen molar-refractivity contribution in [1.29, 1.82) is 0 Å². The van der Waals surface area contributed by atoms with Crippen molar-refractivity contribution in [3.63, 3.8) is 0 Å². The van der Waals surface area contributed by atoms with Gasteiger partial charge in [0, 0.05) is 19.4 Å². The molecule has 2 unspecified atom stereocenters. The molecule has 0 fully saturated rings. The Balaban J connectivity index is 3.98. The van der Waals surface area contributed by atoms with E-state index in [0.29, 0.717) is 6.42 Å². The number of ether oxygens (including phenoxy) is 2. The summed E-state index contributed by atoms with van der Waals surface area (Å²) in [6, 6.07) is 0. The molecule has 3 N–H and O–H groups in total. The molecule has 0 heterocycles. The van der Waals surface area contributed by atoms with Gasteiger partial charge in [0.25, 0.3) is 0 Å². The number of hydrogen-bond donors (Lipinski definition) is 2. The highest BCUT2D eigenvalue weighted by atomic mass is 31.2. The van der Waals surface area contributed by atoms with Crippen molar-refractivity contribution in [2.24, 2.45) is 5.73 Å². The van der Waals surface area contributed by atoms with Crippen LogP contribution in [0.1, 0.15) is 258 Å². The second-order valence-corrected chi connectivity index (χ2v) is 22.3. The quantitative estimate of drug-likeness (QED) is 0.0264. The van der Waals surface area contributed by atoms with E-state index in [4.69, 9.17) is 24.3 Å². The van der Waals surface area contributed by atoms with Crippen molar-refractivity contribution in [3.8, 4) is 0 Å². The highest BCUT2D eigenvalue weighted by molar-refractivity contribution is 7.47. The van der Waals surface area contributed by atoms with Crippen molar-refractivity contribution in [1.82, 2.24) is 0 Å². The van der Waals surface area contributed by atoms with Gasteiger partial charge in [-0.2, -0.15) is 0 Å².